The molecule has 1 aromatic carbocycles. The standard InChI is InChI=1S/C16H11ClN4OS/c17-12-3-1-2-4-13(12)20-16-11(9-18)14(22)21-15(23-16)10-5-7-19-8-6-10/h1-8,15,20H,(H,21,22)/t15-/m1/s1. The number of hydrogen-bond acceptors (Lipinski definition) is 5. The summed E-state index contributed by atoms with van der Waals surface area (Å²) in [6, 6.07) is 12.8. The van der Waals surface area contributed by atoms with Crippen molar-refractivity contribution in [2.45, 2.75) is 5.37 Å². The zero-order valence-electron chi connectivity index (χ0n) is 11.8. The van der Waals surface area contributed by atoms with Gasteiger partial charge in [0.2, 0.25) is 0 Å². The van der Waals surface area contributed by atoms with Crippen LogP contribution < -0.4 is 10.6 Å². The molecule has 0 saturated heterocycles. The van der Waals surface area contributed by atoms with E-state index >= 15 is 0 Å². The first-order valence-electron chi connectivity index (χ1n) is 6.72. The second-order valence-corrected chi connectivity index (χ2v) is 6.20. The Balaban J connectivity index is 1.93. The molecule has 0 fully saturated rings. The van der Waals surface area contributed by atoms with Gasteiger partial charge >= 0.3 is 0 Å². The monoisotopic (exact) mass is 342 g/mol. The maximum Gasteiger partial charge on any atom is 0.265 e. The molecule has 23 heavy (non-hydrogen) atoms. The number of thioether (sulfide) groups is 1. The zero-order valence-corrected chi connectivity index (χ0v) is 13.4. The van der Waals surface area contributed by atoms with Crippen molar-refractivity contribution in [1.82, 2.24) is 10.3 Å². The fraction of sp³-hybridized carbons (Fsp3) is 0.0625. The van der Waals surface area contributed by atoms with Crippen LogP contribution in [0.2, 0.25) is 5.02 Å². The summed E-state index contributed by atoms with van der Waals surface area (Å²) in [5, 5.41) is 15.9. The van der Waals surface area contributed by atoms with E-state index in [0.29, 0.717) is 15.7 Å². The fourth-order valence-electron chi connectivity index (χ4n) is 2.07. The van der Waals surface area contributed by atoms with Crippen molar-refractivity contribution < 1.29 is 4.79 Å². The zero-order chi connectivity index (χ0) is 16.2. The number of carbonyl (C=O) groups is 1. The molecule has 1 amide bonds. The minimum absolute atomic E-state index is 0.0419. The first kappa shape index (κ1) is 15.4. The second kappa shape index (κ2) is 6.73. The van der Waals surface area contributed by atoms with E-state index in [0.717, 1.165) is 5.56 Å². The van der Waals surface area contributed by atoms with E-state index in [-0.39, 0.29) is 10.9 Å². The molecule has 2 heterocycles. The van der Waals surface area contributed by atoms with Gasteiger partial charge in [0.25, 0.3) is 5.91 Å². The van der Waals surface area contributed by atoms with E-state index < -0.39 is 5.91 Å². The van der Waals surface area contributed by atoms with Gasteiger partial charge in [0.15, 0.2) is 0 Å². The molecule has 2 N–H and O–H groups in total. The van der Waals surface area contributed by atoms with Crippen LogP contribution in [0.1, 0.15) is 10.9 Å². The molecule has 5 nitrogen and oxygen atoms in total. The summed E-state index contributed by atoms with van der Waals surface area (Å²) in [6.07, 6.45) is 3.32. The molecule has 0 bridgehead atoms. The predicted molar refractivity (Wildman–Crippen MR) is 90.4 cm³/mol. The van der Waals surface area contributed by atoms with Gasteiger partial charge in [-0.2, -0.15) is 5.26 Å². The molecule has 3 rings (SSSR count). The number of nitrogens with zero attached hydrogens (tertiary/aromatic N) is 2. The van der Waals surface area contributed by atoms with Crippen LogP contribution in [0.25, 0.3) is 0 Å². The summed E-state index contributed by atoms with van der Waals surface area (Å²) < 4.78 is 0. The number of amides is 1. The average molecular weight is 343 g/mol. The molecule has 0 radical (unpaired) electrons. The van der Waals surface area contributed by atoms with Gasteiger partial charge in [0.05, 0.1) is 15.7 Å². The van der Waals surface area contributed by atoms with Gasteiger partial charge in [0, 0.05) is 12.4 Å². The van der Waals surface area contributed by atoms with Gasteiger partial charge in [-0.1, -0.05) is 35.5 Å². The molecule has 1 aliphatic heterocycles. The highest BCUT2D eigenvalue weighted by Gasteiger charge is 2.29. The van der Waals surface area contributed by atoms with Crippen molar-refractivity contribution in [2.24, 2.45) is 0 Å². The van der Waals surface area contributed by atoms with Crippen LogP contribution in [-0.4, -0.2) is 10.9 Å². The third-order valence-electron chi connectivity index (χ3n) is 3.19. The Kier molecular flexibility index (Phi) is 4.51. The lowest BCUT2D eigenvalue weighted by Crippen LogP contribution is -2.33. The first-order chi connectivity index (χ1) is 11.2. The molecule has 7 heteroatoms. The molecule has 0 saturated carbocycles. The van der Waals surface area contributed by atoms with Gasteiger partial charge in [-0.25, -0.2) is 0 Å². The summed E-state index contributed by atoms with van der Waals surface area (Å²) in [7, 11) is 0. The molecular weight excluding hydrogens is 332 g/mol. The van der Waals surface area contributed by atoms with E-state index in [4.69, 9.17) is 11.6 Å². The first-order valence-corrected chi connectivity index (χ1v) is 7.98. The lowest BCUT2D eigenvalue weighted by molar-refractivity contribution is -0.117. The number of aromatic nitrogens is 1. The molecule has 0 aliphatic carbocycles. The quantitative estimate of drug-likeness (QED) is 0.893. The number of nitrogens with one attached hydrogen (secondary N) is 2. The highest BCUT2D eigenvalue weighted by molar-refractivity contribution is 8.03. The van der Waals surface area contributed by atoms with Crippen LogP contribution in [0.3, 0.4) is 0 Å². The van der Waals surface area contributed by atoms with E-state index in [9.17, 15) is 10.1 Å². The summed E-state index contributed by atoms with van der Waals surface area (Å²) in [4.78, 5) is 16.2. The number of para-hydroxylation sites is 1. The predicted octanol–water partition coefficient (Wildman–Crippen LogP) is 3.44. The van der Waals surface area contributed by atoms with Gasteiger partial charge < -0.3 is 10.6 Å². The molecule has 2 aromatic rings. The number of rotatable bonds is 3. The van der Waals surface area contributed by atoms with Crippen molar-refractivity contribution in [3.63, 3.8) is 0 Å². The number of benzene rings is 1. The molecular formula is C16H11ClN4OS. The van der Waals surface area contributed by atoms with E-state index in [1.54, 1.807) is 24.5 Å². The lowest BCUT2D eigenvalue weighted by atomic mass is 10.2. The van der Waals surface area contributed by atoms with Gasteiger partial charge in [-0.05, 0) is 29.8 Å². The Morgan fingerprint density at radius 2 is 2.00 bits per heavy atom. The SMILES string of the molecule is N#CC1=C(Nc2ccccc2Cl)S[C@H](c2ccncc2)NC1=O. The topological polar surface area (TPSA) is 77.8 Å². The Morgan fingerprint density at radius 1 is 1.26 bits per heavy atom. The van der Waals surface area contributed by atoms with Gasteiger partial charge in [-0.3, -0.25) is 9.78 Å². The van der Waals surface area contributed by atoms with Gasteiger partial charge in [-0.15, -0.1) is 0 Å². The maximum atomic E-state index is 12.2. The summed E-state index contributed by atoms with van der Waals surface area (Å²) in [5.41, 5.74) is 1.58. The number of pyridine rings is 1. The van der Waals surface area contributed by atoms with Crippen molar-refractivity contribution in [1.29, 1.82) is 5.26 Å². The summed E-state index contributed by atoms with van der Waals surface area (Å²) in [6.45, 7) is 0. The number of nitriles is 1. The van der Waals surface area contributed by atoms with Crippen LogP contribution in [0, 0.1) is 11.3 Å². The van der Waals surface area contributed by atoms with Crippen molar-refractivity contribution in [2.75, 3.05) is 5.32 Å². The van der Waals surface area contributed by atoms with Crippen molar-refractivity contribution in [3.8, 4) is 6.07 Å². The minimum Gasteiger partial charge on any atom is -0.348 e. The Bertz CT molecular complexity index is 816. The third-order valence-corrected chi connectivity index (χ3v) is 4.69. The van der Waals surface area contributed by atoms with Gasteiger partial charge in [0.1, 0.15) is 17.0 Å². The van der Waals surface area contributed by atoms with E-state index in [2.05, 4.69) is 15.6 Å². The van der Waals surface area contributed by atoms with Crippen molar-refractivity contribution in [3.05, 3.63) is 70.0 Å². The van der Waals surface area contributed by atoms with Crippen molar-refractivity contribution >= 4 is 35.0 Å². The van der Waals surface area contributed by atoms with E-state index in [1.807, 2.05) is 30.3 Å². The van der Waals surface area contributed by atoms with Crippen LogP contribution in [0.15, 0.2) is 59.4 Å². The Hall–Kier alpha value is -2.49. The lowest BCUT2D eigenvalue weighted by Gasteiger charge is -2.26. The molecule has 1 atom stereocenters. The van der Waals surface area contributed by atoms with E-state index in [1.165, 1.54) is 11.8 Å². The number of carbonyl (C=O) groups excluding carboxylic acids is 1. The molecule has 1 aliphatic rings. The number of halogens is 1. The Labute approximate surface area is 142 Å². The third kappa shape index (κ3) is 3.31. The number of anilines is 1. The fourth-order valence-corrected chi connectivity index (χ4v) is 3.37. The van der Waals surface area contributed by atoms with Crippen LogP contribution in [0.4, 0.5) is 5.69 Å². The average Bonchev–Trinajstić information content (AvgIpc) is 2.57. The molecule has 0 spiro atoms. The molecule has 0 unspecified atom stereocenters. The van der Waals surface area contributed by atoms with Crippen LogP contribution in [0.5, 0.6) is 0 Å². The number of hydrogen-bond donors (Lipinski definition) is 2. The van der Waals surface area contributed by atoms with Crippen LogP contribution in [-0.2, 0) is 4.79 Å². The minimum atomic E-state index is -0.414. The summed E-state index contributed by atoms with van der Waals surface area (Å²) >= 11 is 7.49. The van der Waals surface area contributed by atoms with Crippen LogP contribution >= 0.6 is 23.4 Å². The Morgan fingerprint density at radius 3 is 2.70 bits per heavy atom. The molecule has 1 aromatic heterocycles. The second-order valence-electron chi connectivity index (χ2n) is 4.67. The summed E-state index contributed by atoms with van der Waals surface area (Å²) in [5.74, 6) is -0.414. The largest absolute Gasteiger partial charge is 0.348 e. The highest BCUT2D eigenvalue weighted by Crippen LogP contribution is 2.38. The maximum absolute atomic E-state index is 12.2. The molecule has 114 valence electrons. The smallest absolute Gasteiger partial charge is 0.265 e. The highest BCUT2D eigenvalue weighted by atomic mass is 35.5. The normalized spacial score (nSPS) is 17.4.